The van der Waals surface area contributed by atoms with E-state index < -0.39 is 28.5 Å². The number of carbonyl (C=O) groups is 1. The van der Waals surface area contributed by atoms with Gasteiger partial charge < -0.3 is 15.4 Å². The van der Waals surface area contributed by atoms with Crippen molar-refractivity contribution in [3.63, 3.8) is 0 Å². The molecule has 0 spiro atoms. The first-order valence-electron chi connectivity index (χ1n) is 15.6. The molecular weight excluding hydrogens is 758 g/mol. The molecule has 13 nitrogen and oxygen atoms in total. The minimum atomic E-state index is -0.620. The van der Waals surface area contributed by atoms with Crippen LogP contribution in [0.3, 0.4) is 0 Å². The molecule has 254 valence electrons. The van der Waals surface area contributed by atoms with Crippen LogP contribution >= 0.6 is 22.6 Å². The van der Waals surface area contributed by atoms with Gasteiger partial charge in [-0.25, -0.2) is 13.9 Å². The molecule has 3 heterocycles. The number of anilines is 3. The van der Waals surface area contributed by atoms with Crippen molar-refractivity contribution >= 4 is 56.6 Å². The Morgan fingerprint density at radius 1 is 1.04 bits per heavy atom. The minimum Gasteiger partial charge on any atom is -0.497 e. The summed E-state index contributed by atoms with van der Waals surface area (Å²) in [5.41, 5.74) is 0.703. The fourth-order valence-electron chi connectivity index (χ4n) is 5.91. The molecular formula is C35H30FIN8O5. The Hall–Kier alpha value is -5.58. The number of aryl methyl sites for hydroxylation is 1. The number of rotatable bonds is 9. The van der Waals surface area contributed by atoms with Gasteiger partial charge in [-0.05, 0) is 103 Å². The lowest BCUT2D eigenvalue weighted by Gasteiger charge is -2.21. The van der Waals surface area contributed by atoms with Gasteiger partial charge in [0.2, 0.25) is 5.91 Å². The molecule has 0 atom stereocenters. The van der Waals surface area contributed by atoms with Crippen LogP contribution in [0.1, 0.15) is 24.4 Å². The van der Waals surface area contributed by atoms with Crippen molar-refractivity contribution in [3.8, 4) is 22.7 Å². The third-order valence-corrected chi connectivity index (χ3v) is 9.23. The van der Waals surface area contributed by atoms with E-state index >= 15 is 4.39 Å². The lowest BCUT2D eigenvalue weighted by atomic mass is 10.1. The summed E-state index contributed by atoms with van der Waals surface area (Å²) in [4.78, 5) is 55.0. The molecule has 0 unspecified atom stereocenters. The first-order chi connectivity index (χ1) is 24.0. The zero-order chi connectivity index (χ0) is 35.3. The van der Waals surface area contributed by atoms with Crippen LogP contribution in [0, 0.1) is 16.3 Å². The van der Waals surface area contributed by atoms with Gasteiger partial charge in [0, 0.05) is 33.5 Å². The van der Waals surface area contributed by atoms with Crippen LogP contribution in [-0.4, -0.2) is 41.7 Å². The Kier molecular flexibility index (Phi) is 8.59. The van der Waals surface area contributed by atoms with Crippen LogP contribution in [0.15, 0.2) is 87.3 Å². The Morgan fingerprint density at radius 2 is 1.80 bits per heavy atom. The maximum Gasteiger partial charge on any atom is 0.336 e. The van der Waals surface area contributed by atoms with Crippen LogP contribution in [0.4, 0.5) is 21.6 Å². The Labute approximate surface area is 297 Å². The molecule has 1 fully saturated rings. The van der Waals surface area contributed by atoms with Crippen molar-refractivity contribution in [1.82, 2.24) is 28.7 Å². The fourth-order valence-corrected chi connectivity index (χ4v) is 6.37. The summed E-state index contributed by atoms with van der Waals surface area (Å²) in [7, 11) is 3.07. The molecule has 1 aliphatic rings. The standard InChI is InChI=1S/C35H30FIN8O5/c1-19-31-30(32(42(2)33(19)47)39-27-14-9-21(37)15-26(27)36)34(48)45(23-10-11-23)35(49)44(31)24-6-4-5-22(16-24)38-29(46)18-43-17-28(40-41-43)20-7-12-25(50-3)13-8-20/h4-9,12-17,23,39H,10-11,18H2,1-3H3,(H,38,46). The Balaban J connectivity index is 1.27. The number of nitrogens with zero attached hydrogens (tertiary/aromatic N) is 6. The molecule has 0 aliphatic heterocycles. The zero-order valence-corrected chi connectivity index (χ0v) is 29.3. The second-order valence-electron chi connectivity index (χ2n) is 12.0. The number of carbonyl (C=O) groups excluding carboxylic acids is 1. The zero-order valence-electron chi connectivity index (χ0n) is 27.1. The van der Waals surface area contributed by atoms with Gasteiger partial charge in [-0.3, -0.25) is 28.1 Å². The number of benzene rings is 3. The van der Waals surface area contributed by atoms with Crippen molar-refractivity contribution in [2.24, 2.45) is 7.05 Å². The monoisotopic (exact) mass is 788 g/mol. The van der Waals surface area contributed by atoms with E-state index in [2.05, 4.69) is 20.9 Å². The molecule has 2 N–H and O–H groups in total. The summed E-state index contributed by atoms with van der Waals surface area (Å²) in [6, 6.07) is 18.1. The van der Waals surface area contributed by atoms with E-state index in [1.165, 1.54) is 37.6 Å². The van der Waals surface area contributed by atoms with Crippen molar-refractivity contribution in [1.29, 1.82) is 0 Å². The first-order valence-corrected chi connectivity index (χ1v) is 16.7. The highest BCUT2D eigenvalue weighted by molar-refractivity contribution is 14.1. The Morgan fingerprint density at radius 3 is 2.50 bits per heavy atom. The van der Waals surface area contributed by atoms with E-state index in [-0.39, 0.29) is 40.6 Å². The smallest absolute Gasteiger partial charge is 0.336 e. The summed E-state index contributed by atoms with van der Waals surface area (Å²) >= 11 is 1.99. The molecule has 3 aromatic heterocycles. The number of halogens is 2. The molecule has 15 heteroatoms. The van der Waals surface area contributed by atoms with Gasteiger partial charge in [-0.1, -0.05) is 11.3 Å². The highest BCUT2D eigenvalue weighted by atomic mass is 127. The van der Waals surface area contributed by atoms with E-state index in [0.29, 0.717) is 39.2 Å². The van der Waals surface area contributed by atoms with E-state index in [1.807, 2.05) is 34.7 Å². The third-order valence-electron chi connectivity index (χ3n) is 8.56. The summed E-state index contributed by atoms with van der Waals surface area (Å²) < 4.78 is 26.1. The van der Waals surface area contributed by atoms with E-state index in [9.17, 15) is 19.2 Å². The van der Waals surface area contributed by atoms with E-state index in [0.717, 1.165) is 5.56 Å². The summed E-state index contributed by atoms with van der Waals surface area (Å²) in [5.74, 6) is -0.212. The molecule has 0 radical (unpaired) electrons. The van der Waals surface area contributed by atoms with Crippen LogP contribution in [0.25, 0.3) is 27.8 Å². The molecule has 3 aromatic carbocycles. The van der Waals surface area contributed by atoms with Crippen molar-refractivity contribution in [2.45, 2.75) is 32.4 Å². The molecule has 7 rings (SSSR count). The number of fused-ring (bicyclic) bond motifs is 1. The van der Waals surface area contributed by atoms with Crippen LogP contribution in [0.5, 0.6) is 5.75 Å². The topological polar surface area (TPSA) is 147 Å². The number of hydrogen-bond donors (Lipinski definition) is 2. The summed E-state index contributed by atoms with van der Waals surface area (Å²) in [6.45, 7) is 1.41. The number of methoxy groups -OCH3 is 1. The van der Waals surface area contributed by atoms with Crippen molar-refractivity contribution < 1.29 is 13.9 Å². The first kappa shape index (κ1) is 32.9. The van der Waals surface area contributed by atoms with Gasteiger partial charge in [-0.15, -0.1) is 5.10 Å². The minimum absolute atomic E-state index is 0.0511. The normalized spacial score (nSPS) is 12.7. The van der Waals surface area contributed by atoms with Gasteiger partial charge in [0.25, 0.3) is 11.1 Å². The number of ether oxygens (including phenoxy) is 1. The average molecular weight is 789 g/mol. The maximum atomic E-state index is 15.0. The second-order valence-corrected chi connectivity index (χ2v) is 13.2. The van der Waals surface area contributed by atoms with Gasteiger partial charge in [0.1, 0.15) is 35.0 Å². The van der Waals surface area contributed by atoms with Crippen LogP contribution < -0.4 is 32.2 Å². The molecule has 1 amide bonds. The highest BCUT2D eigenvalue weighted by Gasteiger charge is 2.31. The van der Waals surface area contributed by atoms with Crippen LogP contribution in [0.2, 0.25) is 0 Å². The predicted octanol–water partition coefficient (Wildman–Crippen LogP) is 4.89. The SMILES string of the molecule is COc1ccc(-c2cn(CC(=O)Nc3cccc(-n4c(=O)n(C5CC5)c(=O)c5c(Nc6ccc(I)cc6F)n(C)c(=O)c(C)c54)c3)nn2)cc1. The van der Waals surface area contributed by atoms with Crippen molar-refractivity contribution in [3.05, 3.63) is 119 Å². The molecule has 1 aliphatic carbocycles. The van der Waals surface area contributed by atoms with Gasteiger partial charge in [0.05, 0.1) is 30.2 Å². The number of pyridine rings is 1. The van der Waals surface area contributed by atoms with E-state index in [4.69, 9.17) is 4.74 Å². The molecule has 0 bridgehead atoms. The van der Waals surface area contributed by atoms with E-state index in [1.54, 1.807) is 62.7 Å². The van der Waals surface area contributed by atoms with Gasteiger partial charge in [-0.2, -0.15) is 0 Å². The predicted molar refractivity (Wildman–Crippen MR) is 195 cm³/mol. The molecule has 0 saturated heterocycles. The second kappa shape index (κ2) is 13.0. The number of nitrogens with one attached hydrogen (secondary N) is 2. The Bertz CT molecular complexity index is 2500. The lowest BCUT2D eigenvalue weighted by molar-refractivity contribution is -0.116. The summed E-state index contributed by atoms with van der Waals surface area (Å²) in [6.07, 6.45) is 2.93. The molecule has 50 heavy (non-hydrogen) atoms. The highest BCUT2D eigenvalue weighted by Crippen LogP contribution is 2.34. The number of hydrogen-bond acceptors (Lipinski definition) is 8. The number of aromatic nitrogens is 6. The molecule has 6 aromatic rings. The fraction of sp³-hybridized carbons (Fsp3) is 0.200. The largest absolute Gasteiger partial charge is 0.497 e. The quantitative estimate of drug-likeness (QED) is 0.197. The van der Waals surface area contributed by atoms with Gasteiger partial charge in [0.15, 0.2) is 0 Å². The molecule has 1 saturated carbocycles. The van der Waals surface area contributed by atoms with Crippen LogP contribution in [-0.2, 0) is 18.4 Å². The van der Waals surface area contributed by atoms with Crippen molar-refractivity contribution in [2.75, 3.05) is 17.7 Å². The summed E-state index contributed by atoms with van der Waals surface area (Å²) in [5, 5.41) is 14.1. The average Bonchev–Trinajstić information content (AvgIpc) is 3.83. The number of amides is 1. The van der Waals surface area contributed by atoms with Gasteiger partial charge >= 0.3 is 5.69 Å². The maximum absolute atomic E-state index is 15.0. The third kappa shape index (κ3) is 6.08. The lowest BCUT2D eigenvalue weighted by Crippen LogP contribution is -2.41.